The van der Waals surface area contributed by atoms with Gasteiger partial charge in [-0.2, -0.15) is 13.1 Å². The van der Waals surface area contributed by atoms with Gasteiger partial charge in [-0.3, -0.25) is 4.79 Å². The number of alkyl halides is 2. The standard InChI is InChI=1S/C20H19ClF2N2O5S/c21-17-7-4-15(13-18(17)31(27,28)25-9-11-29-12-10-25)24-19(26)8-3-14-1-5-16(6-2-14)30-20(22)23/h1-8,13,20H,9-12H2,(H,24,26)/b8-3+. The number of hydrogen-bond acceptors (Lipinski definition) is 5. The van der Waals surface area contributed by atoms with E-state index in [1.54, 1.807) is 0 Å². The third-order valence-corrected chi connectivity index (χ3v) is 6.70. The molecule has 1 fully saturated rings. The van der Waals surface area contributed by atoms with Gasteiger partial charge in [0.05, 0.1) is 18.2 Å². The second-order valence-electron chi connectivity index (χ2n) is 6.43. The summed E-state index contributed by atoms with van der Waals surface area (Å²) in [6, 6.07) is 9.92. The highest BCUT2D eigenvalue weighted by atomic mass is 35.5. The molecule has 2 aromatic rings. The first-order valence-corrected chi connectivity index (χ1v) is 11.0. The number of nitrogens with one attached hydrogen (secondary N) is 1. The molecular formula is C20H19ClF2N2O5S. The van der Waals surface area contributed by atoms with Gasteiger partial charge in [0.1, 0.15) is 10.6 Å². The van der Waals surface area contributed by atoms with Crippen molar-refractivity contribution in [2.75, 3.05) is 31.6 Å². The topological polar surface area (TPSA) is 84.9 Å². The molecule has 1 heterocycles. The maximum absolute atomic E-state index is 12.9. The molecule has 1 N–H and O–H groups in total. The molecule has 1 amide bonds. The number of carbonyl (C=O) groups excluding carboxylic acids is 1. The molecule has 0 bridgehead atoms. The Hall–Kier alpha value is -2.53. The van der Waals surface area contributed by atoms with Gasteiger partial charge in [-0.05, 0) is 42.0 Å². The lowest BCUT2D eigenvalue weighted by Gasteiger charge is -2.26. The molecule has 0 radical (unpaired) electrons. The number of nitrogens with zero attached hydrogens (tertiary/aromatic N) is 1. The van der Waals surface area contributed by atoms with Gasteiger partial charge in [0.15, 0.2) is 0 Å². The second kappa shape index (κ2) is 10.2. The van der Waals surface area contributed by atoms with Crippen molar-refractivity contribution in [3.8, 4) is 5.75 Å². The van der Waals surface area contributed by atoms with Crippen molar-refractivity contribution in [2.45, 2.75) is 11.5 Å². The summed E-state index contributed by atoms with van der Waals surface area (Å²) in [7, 11) is -3.83. The van der Waals surface area contributed by atoms with Gasteiger partial charge < -0.3 is 14.8 Å². The maximum atomic E-state index is 12.9. The van der Waals surface area contributed by atoms with Crippen molar-refractivity contribution < 1.29 is 31.5 Å². The molecule has 0 saturated carbocycles. The third kappa shape index (κ3) is 6.23. The number of anilines is 1. The summed E-state index contributed by atoms with van der Waals surface area (Å²) in [5, 5.41) is 2.62. The van der Waals surface area contributed by atoms with E-state index in [4.69, 9.17) is 16.3 Å². The van der Waals surface area contributed by atoms with Crippen molar-refractivity contribution in [2.24, 2.45) is 0 Å². The van der Waals surface area contributed by atoms with Crippen molar-refractivity contribution >= 4 is 39.3 Å². The van der Waals surface area contributed by atoms with Gasteiger partial charge in [-0.1, -0.05) is 23.7 Å². The summed E-state index contributed by atoms with van der Waals surface area (Å²) < 4.78 is 60.8. The lowest BCUT2D eigenvalue weighted by atomic mass is 10.2. The molecule has 11 heteroatoms. The van der Waals surface area contributed by atoms with Crippen LogP contribution in [0.15, 0.2) is 53.4 Å². The number of rotatable bonds is 7. The smallest absolute Gasteiger partial charge is 0.387 e. The molecule has 7 nitrogen and oxygen atoms in total. The molecule has 1 saturated heterocycles. The van der Waals surface area contributed by atoms with Crippen LogP contribution in [-0.2, 0) is 19.6 Å². The Labute approximate surface area is 183 Å². The third-order valence-electron chi connectivity index (χ3n) is 4.32. The van der Waals surface area contributed by atoms with Crippen molar-refractivity contribution in [3.63, 3.8) is 0 Å². The molecule has 31 heavy (non-hydrogen) atoms. The number of benzene rings is 2. The first-order chi connectivity index (χ1) is 14.8. The van der Waals surface area contributed by atoms with Crippen molar-refractivity contribution in [1.82, 2.24) is 4.31 Å². The number of halogens is 3. The fraction of sp³-hybridized carbons (Fsp3) is 0.250. The number of amides is 1. The quantitative estimate of drug-likeness (QED) is 0.622. The van der Waals surface area contributed by atoms with Gasteiger partial charge in [0.2, 0.25) is 15.9 Å². The molecule has 0 unspecified atom stereocenters. The van der Waals surface area contributed by atoms with Gasteiger partial charge in [-0.15, -0.1) is 0 Å². The molecule has 2 aromatic carbocycles. The average molecular weight is 473 g/mol. The molecule has 0 spiro atoms. The van der Waals surface area contributed by atoms with Crippen LogP contribution < -0.4 is 10.1 Å². The van der Waals surface area contributed by atoms with E-state index in [0.29, 0.717) is 18.8 Å². The van der Waals surface area contributed by atoms with Gasteiger partial charge in [-0.25, -0.2) is 8.42 Å². The summed E-state index contributed by atoms with van der Waals surface area (Å²) >= 11 is 6.10. The van der Waals surface area contributed by atoms with E-state index >= 15 is 0 Å². The first-order valence-electron chi connectivity index (χ1n) is 9.17. The molecule has 0 atom stereocenters. The Balaban J connectivity index is 1.69. The Bertz CT molecular complexity index is 1060. The van der Waals surface area contributed by atoms with Crippen LogP contribution in [0.2, 0.25) is 5.02 Å². The lowest BCUT2D eigenvalue weighted by molar-refractivity contribution is -0.111. The molecule has 3 rings (SSSR count). The van der Waals surface area contributed by atoms with Crippen LogP contribution in [0.4, 0.5) is 14.5 Å². The predicted octanol–water partition coefficient (Wildman–Crippen LogP) is 3.61. The number of carbonyl (C=O) groups is 1. The molecule has 0 aliphatic carbocycles. The van der Waals surface area contributed by atoms with Crippen LogP contribution in [0.3, 0.4) is 0 Å². The maximum Gasteiger partial charge on any atom is 0.387 e. The van der Waals surface area contributed by atoms with E-state index in [1.165, 1.54) is 58.9 Å². The average Bonchev–Trinajstić information content (AvgIpc) is 2.75. The Morgan fingerprint density at radius 2 is 1.84 bits per heavy atom. The lowest BCUT2D eigenvalue weighted by Crippen LogP contribution is -2.40. The second-order valence-corrected chi connectivity index (χ2v) is 8.75. The minimum absolute atomic E-state index is 0.00627. The monoisotopic (exact) mass is 472 g/mol. The Morgan fingerprint density at radius 1 is 1.16 bits per heavy atom. The molecule has 1 aliphatic rings. The van der Waals surface area contributed by atoms with E-state index in [2.05, 4.69) is 10.1 Å². The van der Waals surface area contributed by atoms with Crippen LogP contribution in [0.5, 0.6) is 5.75 Å². The number of hydrogen-bond donors (Lipinski definition) is 1. The van der Waals surface area contributed by atoms with E-state index in [0.717, 1.165) is 0 Å². The number of ether oxygens (including phenoxy) is 2. The largest absolute Gasteiger partial charge is 0.435 e. The Morgan fingerprint density at radius 3 is 2.48 bits per heavy atom. The van der Waals surface area contributed by atoms with Crippen LogP contribution in [0.25, 0.3) is 6.08 Å². The minimum Gasteiger partial charge on any atom is -0.435 e. The zero-order valence-corrected chi connectivity index (χ0v) is 17.7. The van der Waals surface area contributed by atoms with E-state index in [1.807, 2.05) is 0 Å². The summed E-state index contributed by atoms with van der Waals surface area (Å²) in [6.07, 6.45) is 2.70. The van der Waals surface area contributed by atoms with E-state index < -0.39 is 22.5 Å². The summed E-state index contributed by atoms with van der Waals surface area (Å²) in [4.78, 5) is 12.1. The first kappa shape index (κ1) is 23.1. The summed E-state index contributed by atoms with van der Waals surface area (Å²) in [6.45, 7) is -1.87. The van der Waals surface area contributed by atoms with Crippen molar-refractivity contribution in [3.05, 3.63) is 59.1 Å². The normalized spacial score (nSPS) is 15.4. The van der Waals surface area contributed by atoms with Crippen LogP contribution >= 0.6 is 11.6 Å². The van der Waals surface area contributed by atoms with Gasteiger partial charge >= 0.3 is 6.61 Å². The summed E-state index contributed by atoms with van der Waals surface area (Å²) in [5.41, 5.74) is 0.843. The minimum atomic E-state index is -3.83. The highest BCUT2D eigenvalue weighted by molar-refractivity contribution is 7.89. The number of morpholine rings is 1. The Kier molecular flexibility index (Phi) is 7.60. The fourth-order valence-electron chi connectivity index (χ4n) is 2.82. The van der Waals surface area contributed by atoms with Gasteiger partial charge in [0, 0.05) is 24.9 Å². The van der Waals surface area contributed by atoms with E-state index in [-0.39, 0.29) is 34.4 Å². The number of sulfonamides is 1. The van der Waals surface area contributed by atoms with E-state index in [9.17, 15) is 22.0 Å². The molecule has 0 aromatic heterocycles. The predicted molar refractivity (Wildman–Crippen MR) is 112 cm³/mol. The zero-order chi connectivity index (χ0) is 22.4. The van der Waals surface area contributed by atoms with Crippen LogP contribution in [-0.4, -0.2) is 51.5 Å². The van der Waals surface area contributed by atoms with Crippen LogP contribution in [0.1, 0.15) is 5.56 Å². The molecule has 166 valence electrons. The SMILES string of the molecule is O=C(/C=C/c1ccc(OC(F)F)cc1)Nc1ccc(Cl)c(S(=O)(=O)N2CCOCC2)c1. The molecular weight excluding hydrogens is 454 g/mol. The zero-order valence-electron chi connectivity index (χ0n) is 16.1. The molecule has 1 aliphatic heterocycles. The highest BCUT2D eigenvalue weighted by Gasteiger charge is 2.28. The summed E-state index contributed by atoms with van der Waals surface area (Å²) in [5.74, 6) is -0.503. The highest BCUT2D eigenvalue weighted by Crippen LogP contribution is 2.28. The van der Waals surface area contributed by atoms with Crippen molar-refractivity contribution in [1.29, 1.82) is 0 Å². The van der Waals surface area contributed by atoms with Gasteiger partial charge in [0.25, 0.3) is 0 Å². The fourth-order valence-corrected chi connectivity index (χ4v) is 4.73. The van der Waals surface area contributed by atoms with Crippen LogP contribution in [0, 0.1) is 0 Å².